The highest BCUT2D eigenvalue weighted by Gasteiger charge is 2.17. The van der Waals surface area contributed by atoms with Crippen molar-refractivity contribution in [1.82, 2.24) is 4.98 Å². The number of nitrogens with two attached hydrogens (primary N) is 1. The molecule has 1 atom stereocenters. The molecule has 20 heavy (non-hydrogen) atoms. The van der Waals surface area contributed by atoms with Crippen LogP contribution in [0.25, 0.3) is 10.8 Å². The van der Waals surface area contributed by atoms with Gasteiger partial charge in [-0.15, -0.1) is 0 Å². The van der Waals surface area contributed by atoms with Crippen LogP contribution in [0, 0.1) is 0 Å². The van der Waals surface area contributed by atoms with E-state index in [1.807, 2.05) is 36.5 Å². The predicted molar refractivity (Wildman–Crippen MR) is 84.2 cm³/mol. The number of nitrogens with zero attached hydrogens (tertiary/aromatic N) is 1. The molecular weight excluding hydrogens is 291 g/mol. The molecule has 0 aliphatic rings. The van der Waals surface area contributed by atoms with Gasteiger partial charge in [0.05, 0.1) is 6.04 Å². The summed E-state index contributed by atoms with van der Waals surface area (Å²) in [5, 5.41) is 3.26. The van der Waals surface area contributed by atoms with E-state index in [9.17, 15) is 0 Å². The molecule has 4 heteroatoms. The van der Waals surface area contributed by atoms with Crippen LogP contribution in [0.1, 0.15) is 17.2 Å². The third-order valence-electron chi connectivity index (χ3n) is 3.36. The monoisotopic (exact) mass is 302 g/mol. The summed E-state index contributed by atoms with van der Waals surface area (Å²) >= 11 is 12.5. The molecule has 0 radical (unpaired) electrons. The van der Waals surface area contributed by atoms with E-state index in [4.69, 9.17) is 28.9 Å². The predicted octanol–water partition coefficient (Wildman–Crippen LogP) is 4.59. The molecule has 2 aromatic carbocycles. The van der Waals surface area contributed by atoms with Crippen molar-refractivity contribution in [1.29, 1.82) is 0 Å². The van der Waals surface area contributed by atoms with Crippen LogP contribution >= 0.6 is 23.2 Å². The number of aromatic nitrogens is 1. The number of hydrogen-bond donors (Lipinski definition) is 1. The first-order valence-corrected chi connectivity index (χ1v) is 6.96. The van der Waals surface area contributed by atoms with Gasteiger partial charge in [-0.3, -0.25) is 4.98 Å². The lowest BCUT2D eigenvalue weighted by Crippen LogP contribution is -2.13. The fraction of sp³-hybridized carbons (Fsp3) is 0.0625. The molecule has 2 nitrogen and oxygen atoms in total. The Balaban J connectivity index is 2.21. The van der Waals surface area contributed by atoms with Gasteiger partial charge in [0.25, 0.3) is 0 Å². The summed E-state index contributed by atoms with van der Waals surface area (Å²) in [4.78, 5) is 4.17. The molecule has 3 rings (SSSR count). The minimum atomic E-state index is -0.385. The molecule has 0 amide bonds. The van der Waals surface area contributed by atoms with Gasteiger partial charge in [0.2, 0.25) is 0 Å². The molecule has 3 aromatic rings. The molecule has 1 heterocycles. The van der Waals surface area contributed by atoms with Crippen molar-refractivity contribution in [3.63, 3.8) is 0 Å². The third-order valence-corrected chi connectivity index (χ3v) is 4.02. The van der Waals surface area contributed by atoms with E-state index in [2.05, 4.69) is 4.98 Å². The molecule has 0 saturated heterocycles. The summed E-state index contributed by atoms with van der Waals surface area (Å²) in [6.45, 7) is 0. The lowest BCUT2D eigenvalue weighted by atomic mass is 9.95. The Kier molecular flexibility index (Phi) is 3.62. The Morgan fingerprint density at radius 2 is 1.65 bits per heavy atom. The van der Waals surface area contributed by atoms with Gasteiger partial charge in [-0.2, -0.15) is 0 Å². The molecule has 2 N–H and O–H groups in total. The minimum Gasteiger partial charge on any atom is -0.320 e. The highest BCUT2D eigenvalue weighted by molar-refractivity contribution is 6.36. The maximum absolute atomic E-state index is 6.39. The second-order valence-electron chi connectivity index (χ2n) is 4.56. The van der Waals surface area contributed by atoms with Crippen LogP contribution in [-0.4, -0.2) is 4.98 Å². The van der Waals surface area contributed by atoms with Crippen molar-refractivity contribution < 1.29 is 0 Å². The fourth-order valence-corrected chi connectivity index (χ4v) is 3.00. The van der Waals surface area contributed by atoms with Crippen LogP contribution in [0.4, 0.5) is 0 Å². The number of pyridine rings is 1. The fourth-order valence-electron chi connectivity index (χ4n) is 2.37. The van der Waals surface area contributed by atoms with Crippen molar-refractivity contribution in [2.24, 2.45) is 5.73 Å². The molecule has 0 bridgehead atoms. The van der Waals surface area contributed by atoms with Gasteiger partial charge in [0.15, 0.2) is 0 Å². The minimum absolute atomic E-state index is 0.385. The Morgan fingerprint density at radius 1 is 0.950 bits per heavy atom. The first-order chi connectivity index (χ1) is 9.68. The molecule has 0 aliphatic heterocycles. The maximum atomic E-state index is 6.39. The average molecular weight is 303 g/mol. The molecule has 1 aromatic heterocycles. The van der Waals surface area contributed by atoms with Crippen LogP contribution in [0.5, 0.6) is 0 Å². The van der Waals surface area contributed by atoms with E-state index in [0.29, 0.717) is 10.0 Å². The number of hydrogen-bond acceptors (Lipinski definition) is 2. The number of rotatable bonds is 2. The molecule has 0 saturated carbocycles. The summed E-state index contributed by atoms with van der Waals surface area (Å²) in [7, 11) is 0. The number of fused-ring (bicyclic) bond motifs is 1. The Bertz CT molecular complexity index is 746. The second kappa shape index (κ2) is 5.41. The topological polar surface area (TPSA) is 38.9 Å². The quantitative estimate of drug-likeness (QED) is 0.752. The molecule has 100 valence electrons. The van der Waals surface area contributed by atoms with Crippen molar-refractivity contribution >= 4 is 34.0 Å². The molecular formula is C16H12Cl2N2. The zero-order chi connectivity index (χ0) is 14.1. The van der Waals surface area contributed by atoms with Gasteiger partial charge in [-0.1, -0.05) is 47.5 Å². The van der Waals surface area contributed by atoms with Crippen molar-refractivity contribution in [3.05, 3.63) is 76.0 Å². The normalized spacial score (nSPS) is 12.6. The first-order valence-electron chi connectivity index (χ1n) is 6.20. The van der Waals surface area contributed by atoms with Crippen molar-refractivity contribution in [2.75, 3.05) is 0 Å². The van der Waals surface area contributed by atoms with E-state index in [1.165, 1.54) is 0 Å². The summed E-state index contributed by atoms with van der Waals surface area (Å²) in [6, 6.07) is 13.0. The van der Waals surface area contributed by atoms with Crippen molar-refractivity contribution in [2.45, 2.75) is 6.04 Å². The average Bonchev–Trinajstić information content (AvgIpc) is 2.46. The van der Waals surface area contributed by atoms with E-state index in [0.717, 1.165) is 21.9 Å². The van der Waals surface area contributed by atoms with Crippen LogP contribution in [0.3, 0.4) is 0 Å². The Morgan fingerprint density at radius 3 is 2.40 bits per heavy atom. The molecule has 0 aliphatic carbocycles. The van der Waals surface area contributed by atoms with E-state index in [1.54, 1.807) is 18.3 Å². The zero-order valence-corrected chi connectivity index (χ0v) is 12.1. The Hall–Kier alpha value is -1.61. The summed E-state index contributed by atoms with van der Waals surface area (Å²) < 4.78 is 0. The van der Waals surface area contributed by atoms with Gasteiger partial charge in [0.1, 0.15) is 0 Å². The summed E-state index contributed by atoms with van der Waals surface area (Å²) in [5.41, 5.74) is 8.09. The highest BCUT2D eigenvalue weighted by atomic mass is 35.5. The third kappa shape index (κ3) is 2.27. The molecule has 0 spiro atoms. The van der Waals surface area contributed by atoms with E-state index < -0.39 is 0 Å². The lowest BCUT2D eigenvalue weighted by Gasteiger charge is -2.17. The standard InChI is InChI=1S/C16H12Cl2N2/c17-13-5-2-6-14(18)15(13)16(19)11-4-1-3-10-7-8-20-9-12(10)11/h1-9,16H,19H2. The van der Waals surface area contributed by atoms with Gasteiger partial charge in [-0.05, 0) is 29.1 Å². The van der Waals surface area contributed by atoms with Crippen LogP contribution in [0.15, 0.2) is 54.9 Å². The number of benzene rings is 2. The summed E-state index contributed by atoms with van der Waals surface area (Å²) in [5.74, 6) is 0. The highest BCUT2D eigenvalue weighted by Crippen LogP contribution is 2.34. The van der Waals surface area contributed by atoms with Crippen molar-refractivity contribution in [3.8, 4) is 0 Å². The smallest absolute Gasteiger partial charge is 0.0588 e. The first kappa shape index (κ1) is 13.4. The van der Waals surface area contributed by atoms with Gasteiger partial charge >= 0.3 is 0 Å². The van der Waals surface area contributed by atoms with Gasteiger partial charge < -0.3 is 5.73 Å². The van der Waals surface area contributed by atoms with E-state index in [-0.39, 0.29) is 6.04 Å². The van der Waals surface area contributed by atoms with Crippen LogP contribution in [0.2, 0.25) is 10.0 Å². The molecule has 1 unspecified atom stereocenters. The second-order valence-corrected chi connectivity index (χ2v) is 5.37. The van der Waals surface area contributed by atoms with E-state index >= 15 is 0 Å². The largest absolute Gasteiger partial charge is 0.320 e. The van der Waals surface area contributed by atoms with Gasteiger partial charge in [0, 0.05) is 33.4 Å². The van der Waals surface area contributed by atoms with Crippen LogP contribution < -0.4 is 5.73 Å². The summed E-state index contributed by atoms with van der Waals surface area (Å²) in [6.07, 6.45) is 3.58. The zero-order valence-electron chi connectivity index (χ0n) is 10.6. The Labute approximate surface area is 127 Å². The SMILES string of the molecule is NC(c1c(Cl)cccc1Cl)c1cccc2ccncc12. The van der Waals surface area contributed by atoms with Crippen LogP contribution in [-0.2, 0) is 0 Å². The lowest BCUT2D eigenvalue weighted by molar-refractivity contribution is 0.881. The van der Waals surface area contributed by atoms with Gasteiger partial charge in [-0.25, -0.2) is 0 Å². The number of halogens is 2. The maximum Gasteiger partial charge on any atom is 0.0588 e. The molecule has 0 fully saturated rings.